The number of nitrogens with zero attached hydrogens (tertiary/aromatic N) is 2. The van der Waals surface area contributed by atoms with Gasteiger partial charge in [0.1, 0.15) is 5.00 Å². The number of thiocarbonyl (C=S) groups is 1. The molecule has 5 nitrogen and oxygen atoms in total. The van der Waals surface area contributed by atoms with Gasteiger partial charge in [-0.1, -0.05) is 60.2 Å². The lowest BCUT2D eigenvalue weighted by molar-refractivity contribution is 0.0528. The van der Waals surface area contributed by atoms with Crippen molar-refractivity contribution in [3.05, 3.63) is 87.8 Å². The van der Waals surface area contributed by atoms with Crippen molar-refractivity contribution >= 4 is 39.6 Å². The number of hydrogen-bond donors (Lipinski definition) is 1. The van der Waals surface area contributed by atoms with Gasteiger partial charge < -0.3 is 15.0 Å². The third-order valence-electron chi connectivity index (χ3n) is 5.91. The van der Waals surface area contributed by atoms with Crippen molar-refractivity contribution in [2.24, 2.45) is 0 Å². The molecule has 0 atom stereocenters. The van der Waals surface area contributed by atoms with Crippen LogP contribution in [0.5, 0.6) is 0 Å². The van der Waals surface area contributed by atoms with Crippen molar-refractivity contribution in [2.75, 3.05) is 38.1 Å². The van der Waals surface area contributed by atoms with Gasteiger partial charge in [0.15, 0.2) is 5.11 Å². The molecule has 7 heteroatoms. The normalized spacial score (nSPS) is 14.1. The molecule has 34 heavy (non-hydrogen) atoms. The van der Waals surface area contributed by atoms with Crippen LogP contribution in [0.15, 0.2) is 60.7 Å². The molecule has 0 aliphatic carbocycles. The first kappa shape index (κ1) is 24.4. The Morgan fingerprint density at radius 2 is 1.74 bits per heavy atom. The fourth-order valence-electron chi connectivity index (χ4n) is 4.02. The SMILES string of the molecule is CCOC(=O)c1cc(Cc2ccccc2)sc1NC(=S)N1CCN(Cc2ccc(C)cc2)CC1. The highest BCUT2D eigenvalue weighted by molar-refractivity contribution is 7.80. The summed E-state index contributed by atoms with van der Waals surface area (Å²) in [4.78, 5) is 18.3. The van der Waals surface area contributed by atoms with E-state index in [1.807, 2.05) is 31.2 Å². The Hall–Kier alpha value is -2.74. The molecule has 1 aliphatic rings. The smallest absolute Gasteiger partial charge is 0.341 e. The molecular formula is C27H31N3O2S2. The maximum atomic E-state index is 12.6. The number of ether oxygens (including phenoxy) is 1. The minimum absolute atomic E-state index is 0.314. The number of anilines is 1. The van der Waals surface area contributed by atoms with Crippen LogP contribution in [-0.4, -0.2) is 53.7 Å². The van der Waals surface area contributed by atoms with Gasteiger partial charge in [-0.3, -0.25) is 4.90 Å². The van der Waals surface area contributed by atoms with E-state index in [4.69, 9.17) is 17.0 Å². The van der Waals surface area contributed by atoms with Gasteiger partial charge in [-0.25, -0.2) is 4.79 Å². The minimum Gasteiger partial charge on any atom is -0.462 e. The molecule has 178 valence electrons. The molecule has 4 rings (SSSR count). The van der Waals surface area contributed by atoms with Gasteiger partial charge in [0.05, 0.1) is 12.2 Å². The van der Waals surface area contributed by atoms with E-state index in [-0.39, 0.29) is 5.97 Å². The molecule has 0 saturated carbocycles. The van der Waals surface area contributed by atoms with E-state index in [1.54, 1.807) is 11.3 Å². The van der Waals surface area contributed by atoms with Crippen molar-refractivity contribution in [3.63, 3.8) is 0 Å². The van der Waals surface area contributed by atoms with Gasteiger partial charge in [0.25, 0.3) is 0 Å². The quantitative estimate of drug-likeness (QED) is 0.354. The molecule has 0 radical (unpaired) electrons. The summed E-state index contributed by atoms with van der Waals surface area (Å²) in [7, 11) is 0. The van der Waals surface area contributed by atoms with E-state index in [0.29, 0.717) is 17.3 Å². The lowest BCUT2D eigenvalue weighted by Crippen LogP contribution is -2.49. The summed E-state index contributed by atoms with van der Waals surface area (Å²) in [6.07, 6.45) is 0.768. The molecular weight excluding hydrogens is 462 g/mol. The summed E-state index contributed by atoms with van der Waals surface area (Å²) >= 11 is 7.31. The molecule has 1 fully saturated rings. The van der Waals surface area contributed by atoms with Crippen LogP contribution < -0.4 is 5.32 Å². The molecule has 0 unspecified atom stereocenters. The minimum atomic E-state index is -0.314. The van der Waals surface area contributed by atoms with E-state index in [0.717, 1.165) is 49.0 Å². The highest BCUT2D eigenvalue weighted by atomic mass is 32.1. The van der Waals surface area contributed by atoms with E-state index in [9.17, 15) is 4.79 Å². The maximum Gasteiger partial charge on any atom is 0.341 e. The molecule has 2 aromatic carbocycles. The van der Waals surface area contributed by atoms with Crippen molar-refractivity contribution in [2.45, 2.75) is 26.8 Å². The van der Waals surface area contributed by atoms with Crippen LogP contribution in [0, 0.1) is 6.92 Å². The number of hydrogen-bond acceptors (Lipinski definition) is 5. The monoisotopic (exact) mass is 493 g/mol. The summed E-state index contributed by atoms with van der Waals surface area (Å²) in [5.41, 5.74) is 4.38. The fraction of sp³-hybridized carbons (Fsp3) is 0.333. The zero-order valence-corrected chi connectivity index (χ0v) is 21.4. The number of benzene rings is 2. The van der Waals surface area contributed by atoms with Crippen LogP contribution in [0.1, 0.15) is 38.8 Å². The molecule has 1 aliphatic heterocycles. The lowest BCUT2D eigenvalue weighted by Gasteiger charge is -2.36. The number of carbonyl (C=O) groups is 1. The third-order valence-corrected chi connectivity index (χ3v) is 7.32. The molecule has 2 heterocycles. The second kappa shape index (κ2) is 11.6. The van der Waals surface area contributed by atoms with E-state index in [1.165, 1.54) is 16.7 Å². The van der Waals surface area contributed by atoms with Crippen LogP contribution in [0.25, 0.3) is 0 Å². The number of esters is 1. The standard InChI is InChI=1S/C27H31N3O2S2/c1-3-32-26(31)24-18-23(17-21-7-5-4-6-8-21)34-25(24)28-27(33)30-15-13-29(14-16-30)19-22-11-9-20(2)10-12-22/h4-12,18H,3,13-17,19H2,1-2H3,(H,28,33). The molecule has 0 amide bonds. The number of aryl methyl sites for hydroxylation is 1. The van der Waals surface area contributed by atoms with Crippen LogP contribution in [0.2, 0.25) is 0 Å². The third kappa shape index (κ3) is 6.44. The molecule has 3 aromatic rings. The molecule has 0 bridgehead atoms. The number of piperazine rings is 1. The van der Waals surface area contributed by atoms with Crippen molar-refractivity contribution in [1.82, 2.24) is 9.80 Å². The molecule has 1 N–H and O–H groups in total. The van der Waals surface area contributed by atoms with Crippen molar-refractivity contribution in [3.8, 4) is 0 Å². The van der Waals surface area contributed by atoms with E-state index < -0.39 is 0 Å². The summed E-state index contributed by atoms with van der Waals surface area (Å²) in [5, 5.41) is 4.77. The molecule has 1 saturated heterocycles. The van der Waals surface area contributed by atoms with Crippen LogP contribution >= 0.6 is 23.6 Å². The van der Waals surface area contributed by atoms with E-state index in [2.05, 4.69) is 58.4 Å². The zero-order valence-electron chi connectivity index (χ0n) is 19.8. The Kier molecular flexibility index (Phi) is 8.32. The highest BCUT2D eigenvalue weighted by Gasteiger charge is 2.23. The number of nitrogens with one attached hydrogen (secondary N) is 1. The van der Waals surface area contributed by atoms with Gasteiger partial charge in [0, 0.05) is 44.0 Å². The van der Waals surface area contributed by atoms with Gasteiger partial charge in [0.2, 0.25) is 0 Å². The van der Waals surface area contributed by atoms with Gasteiger partial charge in [-0.05, 0) is 43.3 Å². The lowest BCUT2D eigenvalue weighted by atomic mass is 10.1. The summed E-state index contributed by atoms with van der Waals surface area (Å²) in [6.45, 7) is 8.84. The number of rotatable bonds is 7. The average molecular weight is 494 g/mol. The molecule has 1 aromatic heterocycles. The largest absolute Gasteiger partial charge is 0.462 e. The van der Waals surface area contributed by atoms with Gasteiger partial charge in [-0.2, -0.15) is 0 Å². The average Bonchev–Trinajstić information content (AvgIpc) is 3.24. The second-order valence-electron chi connectivity index (χ2n) is 8.52. The Morgan fingerprint density at radius 3 is 2.41 bits per heavy atom. The Morgan fingerprint density at radius 1 is 1.03 bits per heavy atom. The van der Waals surface area contributed by atoms with Gasteiger partial charge in [-0.15, -0.1) is 11.3 Å². The first-order valence-electron chi connectivity index (χ1n) is 11.7. The first-order valence-corrected chi connectivity index (χ1v) is 12.9. The van der Waals surface area contributed by atoms with Gasteiger partial charge >= 0.3 is 5.97 Å². The van der Waals surface area contributed by atoms with Crippen molar-refractivity contribution in [1.29, 1.82) is 0 Å². The summed E-state index contributed by atoms with van der Waals surface area (Å²) in [6, 6.07) is 20.9. The fourth-order valence-corrected chi connectivity index (χ4v) is 5.44. The van der Waals surface area contributed by atoms with Crippen LogP contribution in [0.4, 0.5) is 5.00 Å². The van der Waals surface area contributed by atoms with Crippen molar-refractivity contribution < 1.29 is 9.53 Å². The van der Waals surface area contributed by atoms with Crippen LogP contribution in [-0.2, 0) is 17.7 Å². The summed E-state index contributed by atoms with van der Waals surface area (Å²) in [5.74, 6) is -0.314. The highest BCUT2D eigenvalue weighted by Crippen LogP contribution is 2.31. The van der Waals surface area contributed by atoms with Crippen LogP contribution in [0.3, 0.4) is 0 Å². The Labute approximate surface area is 211 Å². The predicted molar refractivity (Wildman–Crippen MR) is 144 cm³/mol. The summed E-state index contributed by atoms with van der Waals surface area (Å²) < 4.78 is 5.30. The Balaban J connectivity index is 1.38. The predicted octanol–water partition coefficient (Wildman–Crippen LogP) is 5.34. The number of carbonyl (C=O) groups excluding carboxylic acids is 1. The second-order valence-corrected chi connectivity index (χ2v) is 10.0. The first-order chi connectivity index (χ1) is 16.5. The topological polar surface area (TPSA) is 44.8 Å². The Bertz CT molecular complexity index is 1100. The van der Waals surface area contributed by atoms with E-state index >= 15 is 0 Å². The zero-order chi connectivity index (χ0) is 23.9. The maximum absolute atomic E-state index is 12.6. The molecule has 0 spiro atoms. The number of thiophene rings is 1.